The van der Waals surface area contributed by atoms with Gasteiger partial charge in [0.1, 0.15) is 5.82 Å². The summed E-state index contributed by atoms with van der Waals surface area (Å²) >= 11 is 0. The van der Waals surface area contributed by atoms with Crippen LogP contribution in [0, 0.1) is 12.7 Å². The Hall–Kier alpha value is -1.44. The number of halogens is 1. The molecular weight excluding hydrogens is 153 g/mol. The summed E-state index contributed by atoms with van der Waals surface area (Å²) in [7, 11) is 0. The molecule has 0 N–H and O–H groups in total. The highest BCUT2D eigenvalue weighted by Crippen LogP contribution is 2.16. The summed E-state index contributed by atoms with van der Waals surface area (Å²) in [6.07, 6.45) is 1.57. The van der Waals surface area contributed by atoms with E-state index >= 15 is 0 Å². The predicted octanol–water partition coefficient (Wildman–Crippen LogP) is 2.68. The van der Waals surface area contributed by atoms with Gasteiger partial charge in [0.25, 0.3) is 0 Å². The molecule has 1 heterocycles. The number of pyridine rings is 1. The van der Waals surface area contributed by atoms with E-state index in [0.29, 0.717) is 5.39 Å². The van der Waals surface area contributed by atoms with Gasteiger partial charge < -0.3 is 0 Å². The zero-order chi connectivity index (χ0) is 8.55. The fourth-order valence-electron chi connectivity index (χ4n) is 1.24. The lowest BCUT2D eigenvalue weighted by molar-refractivity contribution is 0.639. The van der Waals surface area contributed by atoms with Crippen LogP contribution in [-0.4, -0.2) is 4.98 Å². The first-order valence-corrected chi connectivity index (χ1v) is 3.78. The Labute approximate surface area is 69.9 Å². The maximum absolute atomic E-state index is 13.1. The van der Waals surface area contributed by atoms with E-state index in [4.69, 9.17) is 0 Å². The lowest BCUT2D eigenvalue weighted by Gasteiger charge is -1.98. The smallest absolute Gasteiger partial charge is 0.132 e. The molecule has 0 saturated carbocycles. The fourth-order valence-corrected chi connectivity index (χ4v) is 1.24. The first-order valence-electron chi connectivity index (χ1n) is 3.78. The lowest BCUT2D eigenvalue weighted by Crippen LogP contribution is -1.83. The molecule has 12 heavy (non-hydrogen) atoms. The van der Waals surface area contributed by atoms with E-state index in [9.17, 15) is 4.39 Å². The minimum Gasteiger partial charge on any atom is -0.261 e. The number of fused-ring (bicyclic) bond motifs is 1. The molecule has 0 amide bonds. The van der Waals surface area contributed by atoms with Crippen molar-refractivity contribution in [2.75, 3.05) is 0 Å². The highest BCUT2D eigenvalue weighted by atomic mass is 19.1. The molecule has 1 nitrogen and oxygen atoms in total. The molecule has 0 fully saturated rings. The van der Waals surface area contributed by atoms with Gasteiger partial charge in [0.2, 0.25) is 0 Å². The maximum atomic E-state index is 13.1. The largest absolute Gasteiger partial charge is 0.261 e. The quantitative estimate of drug-likeness (QED) is 0.578. The van der Waals surface area contributed by atoms with Crippen molar-refractivity contribution in [3.63, 3.8) is 0 Å². The third-order valence-corrected chi connectivity index (χ3v) is 1.85. The zero-order valence-corrected chi connectivity index (χ0v) is 6.71. The molecule has 2 heteroatoms. The van der Waals surface area contributed by atoms with Crippen LogP contribution in [0.25, 0.3) is 10.8 Å². The molecule has 0 aliphatic carbocycles. The molecule has 1 aromatic carbocycles. The Bertz CT molecular complexity index is 423. The number of rotatable bonds is 0. The van der Waals surface area contributed by atoms with E-state index in [1.54, 1.807) is 12.3 Å². The molecule has 0 atom stereocenters. The summed E-state index contributed by atoms with van der Waals surface area (Å²) in [6.45, 7) is 1.89. The van der Waals surface area contributed by atoms with Crippen LogP contribution in [0.1, 0.15) is 5.69 Å². The number of benzene rings is 1. The Kier molecular flexibility index (Phi) is 1.54. The van der Waals surface area contributed by atoms with Gasteiger partial charge in [-0.2, -0.15) is 0 Å². The number of hydrogen-bond acceptors (Lipinski definition) is 1. The van der Waals surface area contributed by atoms with E-state index in [-0.39, 0.29) is 5.82 Å². The van der Waals surface area contributed by atoms with Gasteiger partial charge in [0, 0.05) is 17.3 Å². The Morgan fingerprint density at radius 2 is 2.17 bits per heavy atom. The number of hydrogen-bond donors (Lipinski definition) is 0. The second-order valence-electron chi connectivity index (χ2n) is 2.79. The van der Waals surface area contributed by atoms with E-state index in [0.717, 1.165) is 11.1 Å². The predicted molar refractivity (Wildman–Crippen MR) is 46.4 cm³/mol. The molecule has 0 aliphatic heterocycles. The summed E-state index contributed by atoms with van der Waals surface area (Å²) in [5.74, 6) is -0.208. The van der Waals surface area contributed by atoms with Crippen LogP contribution in [0.5, 0.6) is 0 Å². The number of nitrogens with zero attached hydrogens (tertiary/aromatic N) is 1. The minimum absolute atomic E-state index is 0.208. The van der Waals surface area contributed by atoms with Crippen molar-refractivity contribution < 1.29 is 4.39 Å². The maximum Gasteiger partial charge on any atom is 0.132 e. The molecular formula is C10H8FN. The normalized spacial score (nSPS) is 10.5. The lowest BCUT2D eigenvalue weighted by atomic mass is 10.1. The Morgan fingerprint density at radius 1 is 1.33 bits per heavy atom. The van der Waals surface area contributed by atoms with Crippen LogP contribution < -0.4 is 0 Å². The molecule has 0 aliphatic rings. The SMILES string of the molecule is Cc1cc2cccc(F)c2cn1. The van der Waals surface area contributed by atoms with Crippen molar-refractivity contribution in [3.05, 3.63) is 42.0 Å². The molecule has 0 radical (unpaired) electrons. The molecule has 2 aromatic rings. The molecule has 0 spiro atoms. The molecule has 2 rings (SSSR count). The van der Waals surface area contributed by atoms with Crippen molar-refractivity contribution in [1.82, 2.24) is 4.98 Å². The van der Waals surface area contributed by atoms with Crippen molar-refractivity contribution in [2.45, 2.75) is 6.92 Å². The number of aromatic nitrogens is 1. The molecule has 60 valence electrons. The van der Waals surface area contributed by atoms with Crippen LogP contribution in [0.15, 0.2) is 30.5 Å². The summed E-state index contributed by atoms with van der Waals surface area (Å²) in [5, 5.41) is 1.49. The van der Waals surface area contributed by atoms with Crippen LogP contribution in [0.3, 0.4) is 0 Å². The summed E-state index contributed by atoms with van der Waals surface area (Å²) in [5.41, 5.74) is 0.910. The first kappa shape index (κ1) is 7.22. The number of aryl methyl sites for hydroxylation is 1. The standard InChI is InChI=1S/C10H8FN/c1-7-5-8-3-2-4-10(11)9(8)6-12-7/h2-6H,1H3. The van der Waals surface area contributed by atoms with Crippen molar-refractivity contribution in [1.29, 1.82) is 0 Å². The Morgan fingerprint density at radius 3 is 3.00 bits per heavy atom. The van der Waals surface area contributed by atoms with E-state index in [2.05, 4.69) is 4.98 Å². The zero-order valence-electron chi connectivity index (χ0n) is 6.71. The molecule has 0 bridgehead atoms. The van der Waals surface area contributed by atoms with Gasteiger partial charge >= 0.3 is 0 Å². The monoisotopic (exact) mass is 161 g/mol. The van der Waals surface area contributed by atoms with Gasteiger partial charge in [0.05, 0.1) is 0 Å². The highest BCUT2D eigenvalue weighted by molar-refractivity contribution is 5.82. The second-order valence-corrected chi connectivity index (χ2v) is 2.79. The van der Waals surface area contributed by atoms with Gasteiger partial charge in [-0.1, -0.05) is 12.1 Å². The summed E-state index contributed by atoms with van der Waals surface area (Å²) in [6, 6.07) is 6.90. The van der Waals surface area contributed by atoms with Gasteiger partial charge in [-0.25, -0.2) is 4.39 Å². The van der Waals surface area contributed by atoms with Crippen LogP contribution in [0.2, 0.25) is 0 Å². The van der Waals surface area contributed by atoms with Gasteiger partial charge in [-0.3, -0.25) is 4.98 Å². The summed E-state index contributed by atoms with van der Waals surface area (Å²) < 4.78 is 13.1. The topological polar surface area (TPSA) is 12.9 Å². The average molecular weight is 161 g/mol. The molecule has 0 unspecified atom stereocenters. The van der Waals surface area contributed by atoms with Crippen molar-refractivity contribution >= 4 is 10.8 Å². The van der Waals surface area contributed by atoms with Crippen LogP contribution >= 0.6 is 0 Å². The van der Waals surface area contributed by atoms with Gasteiger partial charge in [0.15, 0.2) is 0 Å². The third kappa shape index (κ3) is 1.05. The van der Waals surface area contributed by atoms with E-state index in [1.165, 1.54) is 6.07 Å². The fraction of sp³-hybridized carbons (Fsp3) is 0.100. The van der Waals surface area contributed by atoms with Gasteiger partial charge in [-0.15, -0.1) is 0 Å². The average Bonchev–Trinajstić information content (AvgIpc) is 2.04. The molecule has 1 aromatic heterocycles. The Balaban J connectivity index is 2.86. The van der Waals surface area contributed by atoms with Crippen molar-refractivity contribution in [3.8, 4) is 0 Å². The van der Waals surface area contributed by atoms with E-state index in [1.807, 2.05) is 19.1 Å². The first-order chi connectivity index (χ1) is 5.77. The van der Waals surface area contributed by atoms with E-state index < -0.39 is 0 Å². The van der Waals surface area contributed by atoms with Crippen LogP contribution in [0.4, 0.5) is 4.39 Å². The second kappa shape index (κ2) is 2.55. The minimum atomic E-state index is -0.208. The summed E-state index contributed by atoms with van der Waals surface area (Å²) in [4.78, 5) is 4.03. The van der Waals surface area contributed by atoms with Crippen LogP contribution in [-0.2, 0) is 0 Å². The highest BCUT2D eigenvalue weighted by Gasteiger charge is 1.98. The third-order valence-electron chi connectivity index (χ3n) is 1.85. The van der Waals surface area contributed by atoms with Crippen molar-refractivity contribution in [2.24, 2.45) is 0 Å². The van der Waals surface area contributed by atoms with Gasteiger partial charge in [-0.05, 0) is 24.4 Å². The molecule has 0 saturated heterocycles.